The van der Waals surface area contributed by atoms with E-state index in [4.69, 9.17) is 0 Å². The van der Waals surface area contributed by atoms with Crippen molar-refractivity contribution in [2.75, 3.05) is 7.05 Å². The number of hydrogen-bond donors (Lipinski definition) is 1. The topological polar surface area (TPSA) is 17.0 Å². The number of nitrogens with zero attached hydrogens (tertiary/aromatic N) is 1. The molecule has 0 fully saturated rings. The van der Waals surface area contributed by atoms with Gasteiger partial charge in [0.25, 0.3) is 0 Å². The van der Waals surface area contributed by atoms with Crippen molar-refractivity contribution in [2.45, 2.75) is 34.2 Å². The predicted molar refractivity (Wildman–Crippen MR) is 76.8 cm³/mol. The van der Waals surface area contributed by atoms with E-state index in [1.54, 1.807) is 0 Å². The van der Waals surface area contributed by atoms with Gasteiger partial charge in [0.2, 0.25) is 0 Å². The smallest absolute Gasteiger partial charge is 0.0245 e. The maximum atomic E-state index is 3.90. The largest absolute Gasteiger partial charge is 0.392 e. The van der Waals surface area contributed by atoms with Crippen LogP contribution in [0.3, 0.4) is 0 Å². The fourth-order valence-electron chi connectivity index (χ4n) is 1.92. The molecule has 2 nitrogen and oxygen atoms in total. The molecule has 17 heavy (non-hydrogen) atoms. The molecule has 1 rings (SSSR count). The van der Waals surface area contributed by atoms with Crippen LogP contribution in [0.25, 0.3) is 12.2 Å². The van der Waals surface area contributed by atoms with E-state index < -0.39 is 0 Å². The third kappa shape index (κ3) is 3.26. The van der Waals surface area contributed by atoms with Crippen LogP contribution >= 0.6 is 0 Å². The zero-order chi connectivity index (χ0) is 13.0. The fraction of sp³-hybridized carbons (Fsp3) is 0.467. The minimum absolute atomic E-state index is 0.654. The Labute approximate surface area is 105 Å². The Balaban J connectivity index is 3.19. The molecule has 0 saturated heterocycles. The van der Waals surface area contributed by atoms with Crippen molar-refractivity contribution in [3.8, 4) is 0 Å². The molecule has 0 aliphatic rings. The summed E-state index contributed by atoms with van der Waals surface area (Å²) in [4.78, 5) is 0. The Morgan fingerprint density at radius 3 is 2.65 bits per heavy atom. The van der Waals surface area contributed by atoms with Crippen LogP contribution in [0, 0.1) is 12.8 Å². The number of nitrogens with one attached hydrogen (secondary N) is 1. The van der Waals surface area contributed by atoms with Gasteiger partial charge in [-0.3, -0.25) is 0 Å². The SMILES string of the molecule is C=Cc1cn(CC(C)C)c(C)c1/C=C(\C)NC. The van der Waals surface area contributed by atoms with Gasteiger partial charge in [0, 0.05) is 36.7 Å². The Hall–Kier alpha value is -1.44. The molecule has 1 aromatic heterocycles. The first-order chi connectivity index (χ1) is 7.99. The Morgan fingerprint density at radius 2 is 2.18 bits per heavy atom. The molecule has 0 radical (unpaired) electrons. The lowest BCUT2D eigenvalue weighted by Crippen LogP contribution is -2.05. The number of allylic oxidation sites excluding steroid dienone is 1. The molecule has 94 valence electrons. The Kier molecular flexibility index (Phi) is 4.62. The molecule has 0 atom stereocenters. The van der Waals surface area contributed by atoms with Crippen LogP contribution in [0.1, 0.15) is 37.6 Å². The molecule has 0 saturated carbocycles. The van der Waals surface area contributed by atoms with E-state index in [9.17, 15) is 0 Å². The molecule has 0 unspecified atom stereocenters. The standard InChI is InChI=1S/C15H24N2/c1-7-14-10-17(9-11(2)3)13(5)15(14)8-12(4)16-6/h7-8,10-11,16H,1,9H2,2-6H3/b12-8+. The molecule has 0 aliphatic heterocycles. The maximum Gasteiger partial charge on any atom is 0.0245 e. The van der Waals surface area contributed by atoms with Gasteiger partial charge in [-0.25, -0.2) is 0 Å². The van der Waals surface area contributed by atoms with Gasteiger partial charge >= 0.3 is 0 Å². The van der Waals surface area contributed by atoms with Gasteiger partial charge in [-0.15, -0.1) is 0 Å². The zero-order valence-electron chi connectivity index (χ0n) is 11.7. The van der Waals surface area contributed by atoms with Gasteiger partial charge in [-0.1, -0.05) is 26.5 Å². The van der Waals surface area contributed by atoms with Crippen LogP contribution in [0.4, 0.5) is 0 Å². The lowest BCUT2D eigenvalue weighted by molar-refractivity contribution is 0.517. The highest BCUT2D eigenvalue weighted by atomic mass is 15.0. The summed E-state index contributed by atoms with van der Waals surface area (Å²) >= 11 is 0. The van der Waals surface area contributed by atoms with E-state index in [0.717, 1.165) is 6.54 Å². The molecule has 0 spiro atoms. The first kappa shape index (κ1) is 13.6. The summed E-state index contributed by atoms with van der Waals surface area (Å²) in [6.45, 7) is 13.7. The second-order valence-corrected chi connectivity index (χ2v) is 4.91. The number of hydrogen-bond acceptors (Lipinski definition) is 1. The normalized spacial score (nSPS) is 12.0. The molecule has 0 amide bonds. The lowest BCUT2D eigenvalue weighted by atomic mass is 10.1. The van der Waals surface area contributed by atoms with Crippen molar-refractivity contribution in [3.63, 3.8) is 0 Å². The molecule has 0 aliphatic carbocycles. The van der Waals surface area contributed by atoms with Gasteiger partial charge in [0.1, 0.15) is 0 Å². The highest BCUT2D eigenvalue weighted by Gasteiger charge is 2.09. The number of aromatic nitrogens is 1. The summed E-state index contributed by atoms with van der Waals surface area (Å²) in [7, 11) is 1.94. The molecule has 0 aromatic carbocycles. The van der Waals surface area contributed by atoms with Crippen LogP contribution in [0.5, 0.6) is 0 Å². The quantitative estimate of drug-likeness (QED) is 0.819. The van der Waals surface area contributed by atoms with E-state index in [1.807, 2.05) is 13.1 Å². The second kappa shape index (κ2) is 5.76. The van der Waals surface area contributed by atoms with Gasteiger partial charge < -0.3 is 9.88 Å². The minimum atomic E-state index is 0.654. The molecule has 1 aromatic rings. The van der Waals surface area contributed by atoms with E-state index in [0.29, 0.717) is 5.92 Å². The van der Waals surface area contributed by atoms with Crippen molar-refractivity contribution in [2.24, 2.45) is 5.92 Å². The van der Waals surface area contributed by atoms with E-state index in [1.165, 1.54) is 22.5 Å². The van der Waals surface area contributed by atoms with Crippen molar-refractivity contribution in [1.82, 2.24) is 9.88 Å². The first-order valence-corrected chi connectivity index (χ1v) is 6.17. The molecule has 1 N–H and O–H groups in total. The summed E-state index contributed by atoms with van der Waals surface area (Å²) in [5.74, 6) is 0.654. The average molecular weight is 232 g/mol. The Bertz CT molecular complexity index is 422. The molecular formula is C15H24N2. The maximum absolute atomic E-state index is 3.90. The average Bonchev–Trinajstić information content (AvgIpc) is 2.56. The van der Waals surface area contributed by atoms with Crippen LogP contribution in [0.2, 0.25) is 0 Å². The van der Waals surface area contributed by atoms with Crippen LogP contribution in [-0.2, 0) is 6.54 Å². The molecule has 2 heteroatoms. The van der Waals surface area contributed by atoms with Gasteiger partial charge in [0.05, 0.1) is 0 Å². The molecular weight excluding hydrogens is 208 g/mol. The highest BCUT2D eigenvalue weighted by molar-refractivity contribution is 5.67. The van der Waals surface area contributed by atoms with Crippen LogP contribution in [-0.4, -0.2) is 11.6 Å². The lowest BCUT2D eigenvalue weighted by Gasteiger charge is -2.09. The van der Waals surface area contributed by atoms with Gasteiger partial charge in [-0.05, 0) is 31.4 Å². The van der Waals surface area contributed by atoms with Gasteiger partial charge in [0.15, 0.2) is 0 Å². The van der Waals surface area contributed by atoms with Crippen molar-refractivity contribution >= 4 is 12.2 Å². The first-order valence-electron chi connectivity index (χ1n) is 6.17. The summed E-state index contributed by atoms with van der Waals surface area (Å²) in [6.07, 6.45) is 6.30. The van der Waals surface area contributed by atoms with Crippen molar-refractivity contribution in [1.29, 1.82) is 0 Å². The summed E-state index contributed by atoms with van der Waals surface area (Å²) in [5, 5.41) is 3.16. The minimum Gasteiger partial charge on any atom is -0.392 e. The molecule has 0 bridgehead atoms. The van der Waals surface area contributed by atoms with Crippen LogP contribution in [0.15, 0.2) is 18.5 Å². The highest BCUT2D eigenvalue weighted by Crippen LogP contribution is 2.22. The monoisotopic (exact) mass is 232 g/mol. The van der Waals surface area contributed by atoms with Crippen LogP contribution < -0.4 is 5.32 Å². The second-order valence-electron chi connectivity index (χ2n) is 4.91. The third-order valence-electron chi connectivity index (χ3n) is 2.96. The van der Waals surface area contributed by atoms with Gasteiger partial charge in [-0.2, -0.15) is 0 Å². The zero-order valence-corrected chi connectivity index (χ0v) is 11.7. The van der Waals surface area contributed by atoms with Crippen molar-refractivity contribution < 1.29 is 0 Å². The van der Waals surface area contributed by atoms with Crippen molar-refractivity contribution in [3.05, 3.63) is 35.3 Å². The van der Waals surface area contributed by atoms with E-state index in [-0.39, 0.29) is 0 Å². The fourth-order valence-corrected chi connectivity index (χ4v) is 1.92. The Morgan fingerprint density at radius 1 is 1.53 bits per heavy atom. The molecule has 1 heterocycles. The number of rotatable bonds is 5. The summed E-state index contributed by atoms with van der Waals surface area (Å²) in [5.41, 5.74) is 4.95. The third-order valence-corrected chi connectivity index (χ3v) is 2.96. The van der Waals surface area contributed by atoms with E-state index in [2.05, 4.69) is 56.4 Å². The summed E-state index contributed by atoms with van der Waals surface area (Å²) < 4.78 is 2.32. The van der Waals surface area contributed by atoms with E-state index >= 15 is 0 Å². The summed E-state index contributed by atoms with van der Waals surface area (Å²) in [6, 6.07) is 0. The predicted octanol–water partition coefficient (Wildman–Crippen LogP) is 3.68.